The smallest absolute Gasteiger partial charge is 0.204 e. The van der Waals surface area contributed by atoms with Crippen molar-refractivity contribution >= 4 is 11.6 Å². The van der Waals surface area contributed by atoms with Crippen LogP contribution in [0.5, 0.6) is 5.75 Å². The Morgan fingerprint density at radius 1 is 1.35 bits per heavy atom. The van der Waals surface area contributed by atoms with Crippen molar-refractivity contribution in [1.82, 2.24) is 9.97 Å². The number of hydrogen-bond donors (Lipinski definition) is 3. The maximum absolute atomic E-state index is 9.31. The summed E-state index contributed by atoms with van der Waals surface area (Å²) >= 11 is 0. The predicted molar refractivity (Wildman–Crippen MR) is 67.5 cm³/mol. The van der Waals surface area contributed by atoms with Crippen LogP contribution in [0.1, 0.15) is 20.3 Å². The Kier molecular flexibility index (Phi) is 4.96. The van der Waals surface area contributed by atoms with Gasteiger partial charge in [-0.1, -0.05) is 0 Å². The SMILES string of the molecule is CNc1ncnc(NC(C)CC(C)O)c1OC. The first-order valence-corrected chi connectivity index (χ1v) is 5.59. The number of aliphatic hydroxyl groups excluding tert-OH is 1. The van der Waals surface area contributed by atoms with Crippen LogP contribution >= 0.6 is 0 Å². The van der Waals surface area contributed by atoms with E-state index in [1.165, 1.54) is 6.33 Å². The number of aromatic nitrogens is 2. The van der Waals surface area contributed by atoms with Crippen molar-refractivity contribution in [3.05, 3.63) is 6.33 Å². The number of hydrogen-bond acceptors (Lipinski definition) is 6. The van der Waals surface area contributed by atoms with Gasteiger partial charge in [0.2, 0.25) is 5.75 Å². The van der Waals surface area contributed by atoms with Crippen LogP contribution in [0.15, 0.2) is 6.33 Å². The molecule has 0 amide bonds. The highest BCUT2D eigenvalue weighted by Gasteiger charge is 2.14. The van der Waals surface area contributed by atoms with Gasteiger partial charge in [-0.05, 0) is 20.3 Å². The molecule has 0 saturated carbocycles. The summed E-state index contributed by atoms with van der Waals surface area (Å²) < 4.78 is 5.26. The van der Waals surface area contributed by atoms with Gasteiger partial charge in [0, 0.05) is 13.1 Å². The van der Waals surface area contributed by atoms with E-state index < -0.39 is 0 Å². The summed E-state index contributed by atoms with van der Waals surface area (Å²) in [5.41, 5.74) is 0. The fourth-order valence-electron chi connectivity index (χ4n) is 1.65. The Balaban J connectivity index is 2.83. The number of anilines is 2. The molecule has 0 saturated heterocycles. The van der Waals surface area contributed by atoms with Crippen LogP contribution in [0.3, 0.4) is 0 Å². The highest BCUT2D eigenvalue weighted by atomic mass is 16.5. The van der Waals surface area contributed by atoms with Crippen LogP contribution in [0.4, 0.5) is 11.6 Å². The van der Waals surface area contributed by atoms with Crippen LogP contribution in [-0.4, -0.2) is 41.4 Å². The van der Waals surface area contributed by atoms with Crippen molar-refractivity contribution in [3.8, 4) is 5.75 Å². The van der Waals surface area contributed by atoms with Crippen molar-refractivity contribution in [2.75, 3.05) is 24.8 Å². The lowest BCUT2D eigenvalue weighted by Gasteiger charge is -2.18. The number of ether oxygens (including phenoxy) is 1. The van der Waals surface area contributed by atoms with Crippen molar-refractivity contribution in [2.45, 2.75) is 32.4 Å². The Morgan fingerprint density at radius 3 is 2.53 bits per heavy atom. The average Bonchev–Trinajstić information content (AvgIpc) is 2.27. The van der Waals surface area contributed by atoms with Gasteiger partial charge in [0.05, 0.1) is 13.2 Å². The summed E-state index contributed by atoms with van der Waals surface area (Å²) in [5.74, 6) is 1.83. The van der Waals surface area contributed by atoms with E-state index in [4.69, 9.17) is 4.74 Å². The molecule has 0 spiro atoms. The van der Waals surface area contributed by atoms with Crippen LogP contribution in [0.25, 0.3) is 0 Å². The van der Waals surface area contributed by atoms with E-state index in [1.807, 2.05) is 6.92 Å². The summed E-state index contributed by atoms with van der Waals surface area (Å²) in [4.78, 5) is 8.20. The maximum Gasteiger partial charge on any atom is 0.204 e. The summed E-state index contributed by atoms with van der Waals surface area (Å²) in [5, 5.41) is 15.4. The second kappa shape index (κ2) is 6.24. The minimum absolute atomic E-state index is 0.100. The van der Waals surface area contributed by atoms with E-state index >= 15 is 0 Å². The highest BCUT2D eigenvalue weighted by molar-refractivity contribution is 5.63. The average molecular weight is 240 g/mol. The molecule has 1 rings (SSSR count). The van der Waals surface area contributed by atoms with Crippen LogP contribution < -0.4 is 15.4 Å². The molecule has 0 aliphatic rings. The zero-order valence-corrected chi connectivity index (χ0v) is 10.7. The fraction of sp³-hybridized carbons (Fsp3) is 0.636. The molecule has 0 radical (unpaired) electrons. The quantitative estimate of drug-likeness (QED) is 0.691. The molecule has 0 aliphatic carbocycles. The van der Waals surface area contributed by atoms with Crippen molar-refractivity contribution < 1.29 is 9.84 Å². The number of aliphatic hydroxyl groups is 1. The molecule has 6 nitrogen and oxygen atoms in total. The number of rotatable bonds is 6. The van der Waals surface area contributed by atoms with Gasteiger partial charge < -0.3 is 20.5 Å². The molecule has 96 valence electrons. The number of nitrogens with zero attached hydrogens (tertiary/aromatic N) is 2. The molecule has 17 heavy (non-hydrogen) atoms. The Morgan fingerprint density at radius 2 is 2.00 bits per heavy atom. The van der Waals surface area contributed by atoms with Crippen molar-refractivity contribution in [2.24, 2.45) is 0 Å². The maximum atomic E-state index is 9.31. The lowest BCUT2D eigenvalue weighted by molar-refractivity contribution is 0.179. The zero-order chi connectivity index (χ0) is 12.8. The number of nitrogens with one attached hydrogen (secondary N) is 2. The van der Waals surface area contributed by atoms with Gasteiger partial charge in [0.1, 0.15) is 6.33 Å². The second-order valence-corrected chi connectivity index (χ2v) is 3.98. The third-order valence-electron chi connectivity index (χ3n) is 2.32. The Hall–Kier alpha value is -1.56. The minimum atomic E-state index is -0.353. The Labute approximate surface area is 101 Å². The number of methoxy groups -OCH3 is 1. The predicted octanol–water partition coefficient (Wildman–Crippen LogP) is 1.10. The lowest BCUT2D eigenvalue weighted by Crippen LogP contribution is -2.21. The second-order valence-electron chi connectivity index (χ2n) is 3.98. The standard InChI is InChI=1S/C11H20N4O2/c1-7(5-8(2)16)15-11-9(17-4)10(12-3)13-6-14-11/h6-8,16H,5H2,1-4H3,(H2,12,13,14,15). The van der Waals surface area contributed by atoms with Gasteiger partial charge in [-0.15, -0.1) is 0 Å². The molecule has 1 aromatic rings. The third kappa shape index (κ3) is 3.74. The molecule has 0 fully saturated rings. The summed E-state index contributed by atoms with van der Waals surface area (Å²) in [6.07, 6.45) is 1.75. The molecule has 3 N–H and O–H groups in total. The van der Waals surface area contributed by atoms with Gasteiger partial charge in [-0.2, -0.15) is 0 Å². The first-order valence-electron chi connectivity index (χ1n) is 5.59. The van der Waals surface area contributed by atoms with Gasteiger partial charge >= 0.3 is 0 Å². The van der Waals surface area contributed by atoms with Gasteiger partial charge in [-0.25, -0.2) is 9.97 Å². The summed E-state index contributed by atoms with van der Waals surface area (Å²) in [7, 11) is 3.35. The molecule has 1 heterocycles. The van der Waals surface area contributed by atoms with Crippen LogP contribution in [0.2, 0.25) is 0 Å². The van der Waals surface area contributed by atoms with Gasteiger partial charge in [-0.3, -0.25) is 0 Å². The molecule has 6 heteroatoms. The molecule has 2 unspecified atom stereocenters. The normalized spacial score (nSPS) is 13.9. The van der Waals surface area contributed by atoms with E-state index in [2.05, 4.69) is 20.6 Å². The summed E-state index contributed by atoms with van der Waals surface area (Å²) in [6, 6.07) is 0.100. The molecule has 0 bridgehead atoms. The molecule has 1 aromatic heterocycles. The van der Waals surface area contributed by atoms with Crippen molar-refractivity contribution in [3.63, 3.8) is 0 Å². The third-order valence-corrected chi connectivity index (χ3v) is 2.32. The highest BCUT2D eigenvalue weighted by Crippen LogP contribution is 2.29. The largest absolute Gasteiger partial charge is 0.490 e. The Bertz CT molecular complexity index is 357. The molecule has 0 aliphatic heterocycles. The molecule has 2 atom stereocenters. The molecular formula is C11H20N4O2. The topological polar surface area (TPSA) is 79.3 Å². The van der Waals surface area contributed by atoms with Crippen LogP contribution in [-0.2, 0) is 0 Å². The monoisotopic (exact) mass is 240 g/mol. The van der Waals surface area contributed by atoms with Gasteiger partial charge in [0.15, 0.2) is 11.6 Å². The zero-order valence-electron chi connectivity index (χ0n) is 10.7. The van der Waals surface area contributed by atoms with Crippen molar-refractivity contribution in [1.29, 1.82) is 0 Å². The molecular weight excluding hydrogens is 220 g/mol. The fourth-order valence-corrected chi connectivity index (χ4v) is 1.65. The molecule has 0 aromatic carbocycles. The van der Waals surface area contributed by atoms with E-state index in [0.29, 0.717) is 23.8 Å². The lowest BCUT2D eigenvalue weighted by atomic mass is 10.1. The van der Waals surface area contributed by atoms with E-state index in [9.17, 15) is 5.11 Å². The van der Waals surface area contributed by atoms with E-state index in [-0.39, 0.29) is 12.1 Å². The first kappa shape index (κ1) is 13.5. The first-order chi connectivity index (χ1) is 8.08. The van der Waals surface area contributed by atoms with Gasteiger partial charge in [0.25, 0.3) is 0 Å². The van der Waals surface area contributed by atoms with Crippen LogP contribution in [0, 0.1) is 0 Å². The van der Waals surface area contributed by atoms with E-state index in [1.54, 1.807) is 21.1 Å². The van der Waals surface area contributed by atoms with E-state index in [0.717, 1.165) is 0 Å². The summed E-state index contributed by atoms with van der Waals surface area (Å²) in [6.45, 7) is 3.74. The minimum Gasteiger partial charge on any atom is -0.490 e.